The van der Waals surface area contributed by atoms with Gasteiger partial charge in [-0.3, -0.25) is 14.2 Å². The number of aryl methyl sites for hydroxylation is 1. The van der Waals surface area contributed by atoms with Crippen LogP contribution in [0, 0.1) is 6.92 Å². The molecular formula is C19H25N5O2. The minimum atomic E-state index is -0.240. The highest BCUT2D eigenvalue weighted by Crippen LogP contribution is 2.18. The molecule has 0 radical (unpaired) electrons. The van der Waals surface area contributed by atoms with Crippen LogP contribution >= 0.6 is 0 Å². The van der Waals surface area contributed by atoms with Gasteiger partial charge >= 0.3 is 0 Å². The van der Waals surface area contributed by atoms with Crippen LogP contribution in [0.15, 0.2) is 35.1 Å². The Bertz CT molecular complexity index is 836. The van der Waals surface area contributed by atoms with Crippen molar-refractivity contribution < 1.29 is 4.79 Å². The Hall–Kier alpha value is -2.83. The van der Waals surface area contributed by atoms with E-state index < -0.39 is 0 Å². The van der Waals surface area contributed by atoms with Crippen molar-refractivity contribution in [2.75, 3.05) is 42.3 Å². The summed E-state index contributed by atoms with van der Waals surface area (Å²) in [4.78, 5) is 33.5. The molecule has 0 atom stereocenters. The van der Waals surface area contributed by atoms with Crippen molar-refractivity contribution >= 4 is 23.2 Å². The largest absolute Gasteiger partial charge is 0.378 e. The molecule has 26 heavy (non-hydrogen) atoms. The molecule has 1 N–H and O–H groups in total. The summed E-state index contributed by atoms with van der Waals surface area (Å²) in [6.07, 6.45) is 2.16. The van der Waals surface area contributed by atoms with E-state index in [-0.39, 0.29) is 18.0 Å². The molecule has 1 aromatic carbocycles. The average Bonchev–Trinajstić information content (AvgIpc) is 3.12. The van der Waals surface area contributed by atoms with Gasteiger partial charge in [-0.15, -0.1) is 0 Å². The van der Waals surface area contributed by atoms with E-state index in [1.807, 2.05) is 43.3 Å². The number of aromatic nitrogens is 2. The summed E-state index contributed by atoms with van der Waals surface area (Å²) < 4.78 is 1.46. The fourth-order valence-corrected chi connectivity index (χ4v) is 3.10. The summed E-state index contributed by atoms with van der Waals surface area (Å²) in [7, 11) is 3.93. The first-order valence-corrected chi connectivity index (χ1v) is 8.85. The third kappa shape index (κ3) is 4.04. The lowest BCUT2D eigenvalue weighted by molar-refractivity contribution is -0.116. The summed E-state index contributed by atoms with van der Waals surface area (Å²) in [5.41, 5.74) is 2.24. The van der Waals surface area contributed by atoms with E-state index >= 15 is 0 Å². The first kappa shape index (κ1) is 18.0. The van der Waals surface area contributed by atoms with Crippen LogP contribution in [0.4, 0.5) is 17.3 Å². The second-order valence-corrected chi connectivity index (χ2v) is 6.81. The number of nitrogens with one attached hydrogen (secondary N) is 1. The van der Waals surface area contributed by atoms with Gasteiger partial charge in [0.05, 0.1) is 0 Å². The van der Waals surface area contributed by atoms with Crippen LogP contribution in [0.2, 0.25) is 0 Å². The van der Waals surface area contributed by atoms with Crippen molar-refractivity contribution in [3.05, 3.63) is 46.4 Å². The molecule has 7 nitrogen and oxygen atoms in total. The Morgan fingerprint density at radius 3 is 2.46 bits per heavy atom. The van der Waals surface area contributed by atoms with Gasteiger partial charge in [-0.1, -0.05) is 0 Å². The standard InChI is InChI=1S/C19H25N5O2/c1-14-12-18(26)24(19(20-14)23-10-4-5-11-23)13-17(25)21-15-6-8-16(9-7-15)22(2)3/h6-9,12H,4-5,10-11,13H2,1-3H3,(H,21,25). The smallest absolute Gasteiger partial charge is 0.255 e. The van der Waals surface area contributed by atoms with Crippen molar-refractivity contribution in [1.29, 1.82) is 0 Å². The SMILES string of the molecule is Cc1cc(=O)n(CC(=O)Nc2ccc(N(C)C)cc2)c(N2CCCC2)n1. The van der Waals surface area contributed by atoms with Gasteiger partial charge in [0.1, 0.15) is 6.54 Å². The quantitative estimate of drug-likeness (QED) is 0.886. The van der Waals surface area contributed by atoms with Crippen molar-refractivity contribution in [2.45, 2.75) is 26.3 Å². The van der Waals surface area contributed by atoms with E-state index in [2.05, 4.69) is 15.2 Å². The molecule has 1 fully saturated rings. The number of carbonyl (C=O) groups is 1. The molecule has 1 amide bonds. The molecule has 3 rings (SSSR count). The predicted octanol–water partition coefficient (Wildman–Crippen LogP) is 1.86. The van der Waals surface area contributed by atoms with Crippen molar-refractivity contribution in [2.24, 2.45) is 0 Å². The van der Waals surface area contributed by atoms with E-state index in [0.717, 1.165) is 31.6 Å². The number of benzene rings is 1. The van der Waals surface area contributed by atoms with Gasteiger partial charge in [-0.2, -0.15) is 0 Å². The third-order valence-electron chi connectivity index (χ3n) is 4.47. The summed E-state index contributed by atoms with van der Waals surface area (Å²) in [5, 5.41) is 2.85. The maximum Gasteiger partial charge on any atom is 0.255 e. The summed E-state index contributed by atoms with van der Waals surface area (Å²) in [5.74, 6) is 0.349. The number of nitrogens with zero attached hydrogens (tertiary/aromatic N) is 4. The molecule has 1 saturated heterocycles. The Morgan fingerprint density at radius 2 is 1.85 bits per heavy atom. The van der Waals surface area contributed by atoms with Gasteiger partial charge in [0, 0.05) is 50.3 Å². The number of rotatable bonds is 5. The van der Waals surface area contributed by atoms with Crippen LogP contribution in [0.3, 0.4) is 0 Å². The van der Waals surface area contributed by atoms with Gasteiger partial charge in [-0.05, 0) is 44.0 Å². The minimum Gasteiger partial charge on any atom is -0.378 e. The summed E-state index contributed by atoms with van der Waals surface area (Å²) >= 11 is 0. The number of carbonyl (C=O) groups excluding carboxylic acids is 1. The normalized spacial score (nSPS) is 13.7. The molecule has 0 bridgehead atoms. The maximum atomic E-state index is 12.5. The second kappa shape index (κ2) is 7.59. The Labute approximate surface area is 153 Å². The molecule has 0 unspecified atom stereocenters. The molecule has 0 saturated carbocycles. The van der Waals surface area contributed by atoms with E-state index in [0.29, 0.717) is 17.3 Å². The van der Waals surface area contributed by atoms with Crippen LogP contribution in [0.25, 0.3) is 0 Å². The summed E-state index contributed by atoms with van der Waals surface area (Å²) in [6.45, 7) is 3.48. The fraction of sp³-hybridized carbons (Fsp3) is 0.421. The van der Waals surface area contributed by atoms with Gasteiger partial charge < -0.3 is 15.1 Å². The lowest BCUT2D eigenvalue weighted by Gasteiger charge is -2.21. The topological polar surface area (TPSA) is 70.5 Å². The molecular weight excluding hydrogens is 330 g/mol. The van der Waals surface area contributed by atoms with Crippen LogP contribution in [0.1, 0.15) is 18.5 Å². The molecule has 1 aromatic heterocycles. The van der Waals surface area contributed by atoms with E-state index in [9.17, 15) is 9.59 Å². The van der Waals surface area contributed by atoms with Crippen molar-refractivity contribution in [1.82, 2.24) is 9.55 Å². The van der Waals surface area contributed by atoms with Crippen LogP contribution < -0.4 is 20.7 Å². The van der Waals surface area contributed by atoms with Crippen molar-refractivity contribution in [3.8, 4) is 0 Å². The molecule has 2 aromatic rings. The Balaban J connectivity index is 1.77. The minimum absolute atomic E-state index is 0.0482. The van der Waals surface area contributed by atoms with Gasteiger partial charge in [0.25, 0.3) is 5.56 Å². The number of hydrogen-bond acceptors (Lipinski definition) is 5. The molecule has 0 spiro atoms. The third-order valence-corrected chi connectivity index (χ3v) is 4.47. The van der Waals surface area contributed by atoms with E-state index in [1.165, 1.54) is 10.6 Å². The first-order valence-electron chi connectivity index (χ1n) is 8.85. The van der Waals surface area contributed by atoms with Gasteiger partial charge in [0.15, 0.2) is 0 Å². The van der Waals surface area contributed by atoms with Crippen LogP contribution in [-0.2, 0) is 11.3 Å². The van der Waals surface area contributed by atoms with Crippen molar-refractivity contribution in [3.63, 3.8) is 0 Å². The molecule has 7 heteroatoms. The lowest BCUT2D eigenvalue weighted by atomic mass is 10.2. The van der Waals surface area contributed by atoms with E-state index in [1.54, 1.807) is 6.92 Å². The monoisotopic (exact) mass is 355 g/mol. The fourth-order valence-electron chi connectivity index (χ4n) is 3.10. The zero-order valence-corrected chi connectivity index (χ0v) is 15.5. The maximum absolute atomic E-state index is 12.5. The Morgan fingerprint density at radius 1 is 1.19 bits per heavy atom. The predicted molar refractivity (Wildman–Crippen MR) is 104 cm³/mol. The lowest BCUT2D eigenvalue weighted by Crippen LogP contribution is -2.34. The van der Waals surface area contributed by atoms with Crippen LogP contribution in [0.5, 0.6) is 0 Å². The van der Waals surface area contributed by atoms with Gasteiger partial charge in [-0.25, -0.2) is 4.98 Å². The van der Waals surface area contributed by atoms with Crippen LogP contribution in [-0.4, -0.2) is 42.6 Å². The number of amides is 1. The Kier molecular flexibility index (Phi) is 5.25. The average molecular weight is 355 g/mol. The highest BCUT2D eigenvalue weighted by atomic mass is 16.2. The summed E-state index contributed by atoms with van der Waals surface area (Å²) in [6, 6.07) is 9.05. The second-order valence-electron chi connectivity index (χ2n) is 6.81. The van der Waals surface area contributed by atoms with E-state index in [4.69, 9.17) is 0 Å². The first-order chi connectivity index (χ1) is 12.4. The molecule has 138 valence electrons. The van der Waals surface area contributed by atoms with Gasteiger partial charge in [0.2, 0.25) is 11.9 Å². The molecule has 1 aliphatic rings. The number of hydrogen-bond donors (Lipinski definition) is 1. The highest BCUT2D eigenvalue weighted by Gasteiger charge is 2.20. The zero-order valence-electron chi connectivity index (χ0n) is 15.5. The zero-order chi connectivity index (χ0) is 18.7. The molecule has 0 aliphatic carbocycles. The molecule has 2 heterocycles. The molecule has 1 aliphatic heterocycles. The number of anilines is 3. The highest BCUT2D eigenvalue weighted by molar-refractivity contribution is 5.90.